The van der Waals surface area contributed by atoms with Crippen molar-refractivity contribution in [3.05, 3.63) is 35.2 Å². The SMILES string of the molecule is CC1NNCC1c1nc(-c2cc3c(c(S(C)(=O)=O)c2)C(=O)N([C@@H](C)C2CC2)C3)cnc1N. The Morgan fingerprint density at radius 1 is 1.28 bits per heavy atom. The lowest BCUT2D eigenvalue weighted by molar-refractivity contribution is 0.0694. The van der Waals surface area contributed by atoms with Crippen molar-refractivity contribution in [2.45, 2.75) is 56.1 Å². The van der Waals surface area contributed by atoms with E-state index in [1.807, 2.05) is 19.9 Å². The molecule has 1 aliphatic carbocycles. The summed E-state index contributed by atoms with van der Waals surface area (Å²) in [5, 5.41) is 0. The molecule has 1 saturated heterocycles. The molecule has 1 aromatic heterocycles. The van der Waals surface area contributed by atoms with Crippen molar-refractivity contribution in [2.24, 2.45) is 5.92 Å². The molecule has 2 unspecified atom stereocenters. The van der Waals surface area contributed by atoms with Gasteiger partial charge in [-0.2, -0.15) is 0 Å². The van der Waals surface area contributed by atoms with Crippen molar-refractivity contribution in [3.8, 4) is 11.3 Å². The fourth-order valence-electron chi connectivity index (χ4n) is 4.81. The summed E-state index contributed by atoms with van der Waals surface area (Å²) in [6, 6.07) is 3.65. The topological polar surface area (TPSA) is 130 Å². The minimum absolute atomic E-state index is 0.0442. The Kier molecular flexibility index (Phi) is 4.99. The fraction of sp³-hybridized carbons (Fsp3) is 0.500. The van der Waals surface area contributed by atoms with Crippen LogP contribution in [0.2, 0.25) is 0 Å². The van der Waals surface area contributed by atoms with Crippen molar-refractivity contribution in [3.63, 3.8) is 0 Å². The monoisotopic (exact) mass is 456 g/mol. The summed E-state index contributed by atoms with van der Waals surface area (Å²) in [6.07, 6.45) is 4.93. The van der Waals surface area contributed by atoms with Crippen LogP contribution in [0.3, 0.4) is 0 Å². The number of nitrogens with one attached hydrogen (secondary N) is 2. The molecule has 2 aromatic rings. The number of hydrazine groups is 1. The third kappa shape index (κ3) is 3.56. The van der Waals surface area contributed by atoms with Gasteiger partial charge in [0, 0.05) is 42.9 Å². The molecule has 1 saturated carbocycles. The molecular weight excluding hydrogens is 428 g/mol. The number of nitrogens with zero attached hydrogens (tertiary/aromatic N) is 3. The molecule has 2 fully saturated rings. The lowest BCUT2D eigenvalue weighted by atomic mass is 9.98. The molecule has 1 amide bonds. The van der Waals surface area contributed by atoms with Gasteiger partial charge in [0.25, 0.3) is 5.91 Å². The Labute approximate surface area is 187 Å². The molecule has 0 spiro atoms. The van der Waals surface area contributed by atoms with Gasteiger partial charge in [0.2, 0.25) is 0 Å². The van der Waals surface area contributed by atoms with Crippen molar-refractivity contribution in [1.82, 2.24) is 25.7 Å². The van der Waals surface area contributed by atoms with Gasteiger partial charge in [-0.05, 0) is 50.3 Å². The van der Waals surface area contributed by atoms with Gasteiger partial charge in [-0.15, -0.1) is 0 Å². The maximum absolute atomic E-state index is 13.2. The average Bonchev–Trinajstić information content (AvgIpc) is 3.43. The van der Waals surface area contributed by atoms with Crippen molar-refractivity contribution >= 4 is 21.6 Å². The molecule has 1 aromatic carbocycles. The molecule has 3 heterocycles. The van der Waals surface area contributed by atoms with E-state index in [9.17, 15) is 13.2 Å². The second-order valence-corrected chi connectivity index (χ2v) is 11.2. The zero-order valence-corrected chi connectivity index (χ0v) is 19.2. The molecule has 170 valence electrons. The molecule has 0 radical (unpaired) electrons. The minimum atomic E-state index is -3.63. The molecule has 5 rings (SSSR count). The maximum Gasteiger partial charge on any atom is 0.256 e. The molecule has 4 N–H and O–H groups in total. The van der Waals surface area contributed by atoms with Crippen LogP contribution in [-0.2, 0) is 16.4 Å². The number of carbonyl (C=O) groups excluding carboxylic acids is 1. The standard InChI is InChI=1S/C22H28N6O3S/c1-11-16(8-25-27-11)20-21(23)24-9-17(26-20)14-6-15-10-28(12(2)13-4-5-13)22(29)19(15)18(7-14)32(3,30)31/h6-7,9,11-13,16,25,27H,4-5,8,10H2,1-3H3,(H2,23,24)/t11?,12-,16?/m0/s1. The molecule has 9 nitrogen and oxygen atoms in total. The largest absolute Gasteiger partial charge is 0.382 e. The van der Waals surface area contributed by atoms with Crippen LogP contribution in [0.25, 0.3) is 11.3 Å². The maximum atomic E-state index is 13.2. The van der Waals surface area contributed by atoms with Crippen LogP contribution < -0.4 is 16.6 Å². The summed E-state index contributed by atoms with van der Waals surface area (Å²) in [6.45, 7) is 5.16. The van der Waals surface area contributed by atoms with E-state index in [2.05, 4.69) is 15.8 Å². The Hall–Kier alpha value is -2.56. The molecule has 3 aliphatic rings. The highest BCUT2D eigenvalue weighted by Gasteiger charge is 2.41. The Morgan fingerprint density at radius 3 is 2.66 bits per heavy atom. The first kappa shape index (κ1) is 21.3. The van der Waals surface area contributed by atoms with Crippen LogP contribution in [0.1, 0.15) is 54.2 Å². The number of hydrogen-bond acceptors (Lipinski definition) is 8. The van der Waals surface area contributed by atoms with Crippen LogP contribution in [-0.4, -0.2) is 54.1 Å². The number of rotatable bonds is 5. The summed E-state index contributed by atoms with van der Waals surface area (Å²) in [7, 11) is -3.63. The Bertz CT molecular complexity index is 1210. The number of nitrogen functional groups attached to an aromatic ring is 1. The van der Waals surface area contributed by atoms with E-state index in [1.165, 1.54) is 0 Å². The molecule has 0 bridgehead atoms. The summed E-state index contributed by atoms with van der Waals surface area (Å²) in [4.78, 5) is 24.2. The third-order valence-corrected chi connectivity index (χ3v) is 8.05. The van der Waals surface area contributed by atoms with Crippen molar-refractivity contribution in [1.29, 1.82) is 0 Å². The predicted octanol–water partition coefficient (Wildman–Crippen LogP) is 1.46. The van der Waals surface area contributed by atoms with Crippen molar-refractivity contribution in [2.75, 3.05) is 18.5 Å². The molecular formula is C22H28N6O3S. The van der Waals surface area contributed by atoms with Gasteiger partial charge < -0.3 is 10.6 Å². The number of anilines is 1. The fourth-order valence-corrected chi connectivity index (χ4v) is 5.74. The number of amides is 1. The summed E-state index contributed by atoms with van der Waals surface area (Å²) in [5.41, 5.74) is 15.3. The zero-order chi connectivity index (χ0) is 22.8. The van der Waals surface area contributed by atoms with E-state index in [0.717, 1.165) is 24.7 Å². The lowest BCUT2D eigenvalue weighted by Gasteiger charge is -2.24. The van der Waals surface area contributed by atoms with E-state index in [1.54, 1.807) is 17.2 Å². The van der Waals surface area contributed by atoms with E-state index >= 15 is 0 Å². The summed E-state index contributed by atoms with van der Waals surface area (Å²) >= 11 is 0. The first-order chi connectivity index (χ1) is 15.1. The van der Waals surface area contributed by atoms with Gasteiger partial charge >= 0.3 is 0 Å². The summed E-state index contributed by atoms with van der Waals surface area (Å²) < 4.78 is 25.3. The van der Waals surface area contributed by atoms with Gasteiger partial charge in [0.15, 0.2) is 9.84 Å². The molecule has 32 heavy (non-hydrogen) atoms. The highest BCUT2D eigenvalue weighted by Crippen LogP contribution is 2.40. The number of sulfone groups is 1. The van der Waals surface area contributed by atoms with Gasteiger partial charge in [0.05, 0.1) is 28.0 Å². The second-order valence-electron chi connectivity index (χ2n) is 9.24. The third-order valence-electron chi connectivity index (χ3n) is 6.93. The molecule has 10 heteroatoms. The van der Waals surface area contributed by atoms with E-state index in [4.69, 9.17) is 10.7 Å². The number of benzene rings is 1. The average molecular weight is 457 g/mol. The molecule has 3 atom stereocenters. The predicted molar refractivity (Wildman–Crippen MR) is 120 cm³/mol. The highest BCUT2D eigenvalue weighted by molar-refractivity contribution is 7.90. The number of carbonyl (C=O) groups is 1. The molecule has 2 aliphatic heterocycles. The van der Waals surface area contributed by atoms with Gasteiger partial charge in [-0.1, -0.05) is 0 Å². The van der Waals surface area contributed by atoms with Crippen LogP contribution in [0.15, 0.2) is 23.2 Å². The first-order valence-electron chi connectivity index (χ1n) is 10.9. The smallest absolute Gasteiger partial charge is 0.256 e. The zero-order valence-electron chi connectivity index (χ0n) is 18.4. The minimum Gasteiger partial charge on any atom is -0.382 e. The highest BCUT2D eigenvalue weighted by atomic mass is 32.2. The van der Waals surface area contributed by atoms with E-state index in [0.29, 0.717) is 47.3 Å². The Balaban J connectivity index is 1.60. The van der Waals surface area contributed by atoms with E-state index < -0.39 is 9.84 Å². The van der Waals surface area contributed by atoms with E-state index in [-0.39, 0.29) is 28.8 Å². The van der Waals surface area contributed by atoms with Gasteiger partial charge in [-0.3, -0.25) is 15.6 Å². The van der Waals surface area contributed by atoms with Crippen LogP contribution in [0, 0.1) is 5.92 Å². The first-order valence-corrected chi connectivity index (χ1v) is 12.8. The van der Waals surface area contributed by atoms with Crippen LogP contribution in [0.4, 0.5) is 5.82 Å². The number of aromatic nitrogens is 2. The van der Waals surface area contributed by atoms with Crippen LogP contribution in [0.5, 0.6) is 0 Å². The number of nitrogens with two attached hydrogens (primary N) is 1. The number of hydrogen-bond donors (Lipinski definition) is 3. The van der Waals surface area contributed by atoms with Gasteiger partial charge in [0.1, 0.15) is 5.82 Å². The Morgan fingerprint density at radius 2 is 2.03 bits per heavy atom. The normalized spacial score (nSPS) is 24.1. The van der Waals surface area contributed by atoms with Crippen LogP contribution >= 0.6 is 0 Å². The lowest BCUT2D eigenvalue weighted by Crippen LogP contribution is -2.35. The van der Waals surface area contributed by atoms with Gasteiger partial charge in [-0.25, -0.2) is 18.4 Å². The summed E-state index contributed by atoms with van der Waals surface area (Å²) in [5.74, 6) is 0.700. The second kappa shape index (κ2) is 7.50. The number of fused-ring (bicyclic) bond motifs is 1. The van der Waals surface area contributed by atoms with Crippen molar-refractivity contribution < 1.29 is 13.2 Å². The quantitative estimate of drug-likeness (QED) is 0.617.